The zero-order valence-corrected chi connectivity index (χ0v) is 11.4. The van der Waals surface area contributed by atoms with E-state index in [1.807, 2.05) is 0 Å². The third-order valence-corrected chi connectivity index (χ3v) is 5.04. The summed E-state index contributed by atoms with van der Waals surface area (Å²) in [5, 5.41) is 0. The van der Waals surface area contributed by atoms with Crippen LogP contribution in [0.4, 0.5) is 0 Å². The fraction of sp³-hybridized carbons (Fsp3) is 0.938. The lowest BCUT2D eigenvalue weighted by Gasteiger charge is -2.35. The van der Waals surface area contributed by atoms with Gasteiger partial charge in [0.05, 0.1) is 0 Å². The number of hydrogen-bond donors (Lipinski definition) is 0. The van der Waals surface area contributed by atoms with Crippen LogP contribution < -0.4 is 0 Å². The first kappa shape index (κ1) is 13.1. The van der Waals surface area contributed by atoms with Crippen molar-refractivity contribution in [3.05, 3.63) is 0 Å². The predicted octanol–water partition coefficient (Wildman–Crippen LogP) is 4.74. The summed E-state index contributed by atoms with van der Waals surface area (Å²) < 4.78 is 0. The van der Waals surface area contributed by atoms with Crippen molar-refractivity contribution in [3.8, 4) is 0 Å². The Morgan fingerprint density at radius 2 is 1.82 bits per heavy atom. The van der Waals surface area contributed by atoms with Crippen LogP contribution in [0.3, 0.4) is 0 Å². The summed E-state index contributed by atoms with van der Waals surface area (Å²) in [6.45, 7) is 2.29. The van der Waals surface area contributed by atoms with Gasteiger partial charge in [-0.1, -0.05) is 39.0 Å². The molecule has 2 aliphatic carbocycles. The van der Waals surface area contributed by atoms with Gasteiger partial charge in [0.2, 0.25) is 0 Å². The van der Waals surface area contributed by atoms with E-state index in [-0.39, 0.29) is 0 Å². The minimum atomic E-state index is 0.536. The van der Waals surface area contributed by atoms with Crippen molar-refractivity contribution in [3.63, 3.8) is 0 Å². The van der Waals surface area contributed by atoms with E-state index in [2.05, 4.69) is 6.92 Å². The van der Waals surface area contributed by atoms with Crippen molar-refractivity contribution in [1.29, 1.82) is 0 Å². The van der Waals surface area contributed by atoms with E-state index in [9.17, 15) is 4.79 Å². The molecule has 1 heteroatoms. The highest BCUT2D eigenvalue weighted by molar-refractivity contribution is 5.79. The quantitative estimate of drug-likeness (QED) is 0.689. The largest absolute Gasteiger partial charge is 0.300 e. The average molecular weight is 236 g/mol. The molecule has 1 nitrogen and oxygen atoms in total. The molecule has 0 aromatic carbocycles. The molecular weight excluding hydrogens is 208 g/mol. The SMILES string of the molecule is CCCCC1CCC(C2CCCC(=O)C2)CC1. The summed E-state index contributed by atoms with van der Waals surface area (Å²) >= 11 is 0. The number of carbonyl (C=O) groups excluding carboxylic acids is 1. The van der Waals surface area contributed by atoms with Crippen molar-refractivity contribution in [2.45, 2.75) is 77.6 Å². The van der Waals surface area contributed by atoms with Crippen molar-refractivity contribution in [1.82, 2.24) is 0 Å². The Morgan fingerprint density at radius 3 is 2.47 bits per heavy atom. The van der Waals surface area contributed by atoms with E-state index < -0.39 is 0 Å². The number of ketones is 1. The van der Waals surface area contributed by atoms with E-state index in [0.717, 1.165) is 30.6 Å². The Morgan fingerprint density at radius 1 is 1.06 bits per heavy atom. The number of unbranched alkanes of at least 4 members (excludes halogenated alkanes) is 1. The van der Waals surface area contributed by atoms with Crippen LogP contribution in [0.25, 0.3) is 0 Å². The van der Waals surface area contributed by atoms with Gasteiger partial charge in [0.1, 0.15) is 5.78 Å². The van der Waals surface area contributed by atoms with E-state index >= 15 is 0 Å². The van der Waals surface area contributed by atoms with Crippen LogP contribution in [0.2, 0.25) is 0 Å². The molecule has 1 atom stereocenters. The smallest absolute Gasteiger partial charge is 0.133 e. The molecule has 17 heavy (non-hydrogen) atoms. The van der Waals surface area contributed by atoms with Crippen LogP contribution in [0, 0.1) is 17.8 Å². The molecule has 0 heterocycles. The maximum absolute atomic E-state index is 11.5. The summed E-state index contributed by atoms with van der Waals surface area (Å²) in [5.74, 6) is 3.18. The molecule has 0 aliphatic heterocycles. The van der Waals surface area contributed by atoms with Gasteiger partial charge in [0.15, 0.2) is 0 Å². The molecule has 1 unspecified atom stereocenters. The third kappa shape index (κ3) is 3.82. The molecule has 2 aliphatic rings. The molecular formula is C16H28O. The van der Waals surface area contributed by atoms with Crippen LogP contribution in [0.1, 0.15) is 77.6 Å². The second-order valence-corrected chi connectivity index (χ2v) is 6.32. The van der Waals surface area contributed by atoms with Crippen molar-refractivity contribution in [2.75, 3.05) is 0 Å². The fourth-order valence-corrected chi connectivity index (χ4v) is 3.90. The lowest BCUT2D eigenvalue weighted by Crippen LogP contribution is -2.26. The van der Waals surface area contributed by atoms with E-state index in [4.69, 9.17) is 0 Å². The van der Waals surface area contributed by atoms with E-state index in [1.165, 1.54) is 57.8 Å². The third-order valence-electron chi connectivity index (χ3n) is 5.04. The number of Topliss-reactive ketones (excluding diaryl/α,β-unsaturated/α-hetero) is 1. The van der Waals surface area contributed by atoms with Crippen LogP contribution in [-0.4, -0.2) is 5.78 Å². The number of hydrogen-bond acceptors (Lipinski definition) is 1. The molecule has 2 rings (SSSR count). The van der Waals surface area contributed by atoms with Gasteiger partial charge in [-0.2, -0.15) is 0 Å². The van der Waals surface area contributed by atoms with Crippen LogP contribution >= 0.6 is 0 Å². The lowest BCUT2D eigenvalue weighted by molar-refractivity contribution is -0.122. The van der Waals surface area contributed by atoms with Crippen LogP contribution in [0.5, 0.6) is 0 Å². The van der Waals surface area contributed by atoms with Gasteiger partial charge in [-0.05, 0) is 43.4 Å². The first-order valence-electron chi connectivity index (χ1n) is 7.81. The van der Waals surface area contributed by atoms with Crippen molar-refractivity contribution >= 4 is 5.78 Å². The van der Waals surface area contributed by atoms with Crippen LogP contribution in [0.15, 0.2) is 0 Å². The van der Waals surface area contributed by atoms with Gasteiger partial charge in [0.25, 0.3) is 0 Å². The van der Waals surface area contributed by atoms with Crippen molar-refractivity contribution < 1.29 is 4.79 Å². The molecule has 0 amide bonds. The van der Waals surface area contributed by atoms with Gasteiger partial charge in [0, 0.05) is 12.8 Å². The van der Waals surface area contributed by atoms with Crippen molar-refractivity contribution in [2.24, 2.45) is 17.8 Å². The summed E-state index contributed by atoms with van der Waals surface area (Å²) in [6.07, 6.45) is 14.2. The average Bonchev–Trinajstić information content (AvgIpc) is 2.37. The highest BCUT2D eigenvalue weighted by Crippen LogP contribution is 2.40. The summed E-state index contributed by atoms with van der Waals surface area (Å²) in [5.41, 5.74) is 0. The predicted molar refractivity (Wildman–Crippen MR) is 71.9 cm³/mol. The Bertz CT molecular complexity index is 238. The maximum atomic E-state index is 11.5. The van der Waals surface area contributed by atoms with Gasteiger partial charge < -0.3 is 0 Å². The van der Waals surface area contributed by atoms with Gasteiger partial charge >= 0.3 is 0 Å². The molecule has 98 valence electrons. The number of rotatable bonds is 4. The Balaban J connectivity index is 1.72. The summed E-state index contributed by atoms with van der Waals surface area (Å²) in [7, 11) is 0. The first-order chi connectivity index (χ1) is 8.29. The number of carbonyl (C=O) groups is 1. The standard InChI is InChI=1S/C16H28O/c1-2-3-5-13-8-10-14(11-9-13)15-6-4-7-16(17)12-15/h13-15H,2-12H2,1H3. The zero-order chi connectivity index (χ0) is 12.1. The summed E-state index contributed by atoms with van der Waals surface area (Å²) in [4.78, 5) is 11.5. The highest BCUT2D eigenvalue weighted by atomic mass is 16.1. The molecule has 0 radical (unpaired) electrons. The van der Waals surface area contributed by atoms with E-state index in [0.29, 0.717) is 5.78 Å². The maximum Gasteiger partial charge on any atom is 0.133 e. The molecule has 0 saturated heterocycles. The molecule has 0 spiro atoms. The fourth-order valence-electron chi connectivity index (χ4n) is 3.90. The Kier molecular flexibility index (Phi) is 5.06. The molecule has 0 bridgehead atoms. The van der Waals surface area contributed by atoms with Gasteiger partial charge in [-0.15, -0.1) is 0 Å². The minimum absolute atomic E-state index is 0.536. The topological polar surface area (TPSA) is 17.1 Å². The minimum Gasteiger partial charge on any atom is -0.300 e. The second-order valence-electron chi connectivity index (χ2n) is 6.32. The first-order valence-corrected chi connectivity index (χ1v) is 7.81. The molecule has 2 saturated carbocycles. The normalized spacial score (nSPS) is 34.9. The van der Waals surface area contributed by atoms with Gasteiger partial charge in [-0.3, -0.25) is 4.79 Å². The molecule has 0 aromatic heterocycles. The van der Waals surface area contributed by atoms with E-state index in [1.54, 1.807) is 0 Å². The lowest BCUT2D eigenvalue weighted by atomic mass is 9.70. The van der Waals surface area contributed by atoms with Gasteiger partial charge in [-0.25, -0.2) is 0 Å². The molecule has 2 fully saturated rings. The monoisotopic (exact) mass is 236 g/mol. The summed E-state index contributed by atoms with van der Waals surface area (Å²) in [6, 6.07) is 0. The molecule has 0 aromatic rings. The second kappa shape index (κ2) is 6.56. The molecule has 0 N–H and O–H groups in total. The van der Waals surface area contributed by atoms with Crippen LogP contribution in [-0.2, 0) is 4.79 Å². The highest BCUT2D eigenvalue weighted by Gasteiger charge is 2.30. The zero-order valence-electron chi connectivity index (χ0n) is 11.4. The Hall–Kier alpha value is -0.330. The Labute approximate surface area is 106 Å².